The number of benzene rings is 1. The lowest BCUT2D eigenvalue weighted by Crippen LogP contribution is -2.44. The monoisotopic (exact) mass is 290 g/mol. The number of hydrogen-bond donors (Lipinski definition) is 1. The minimum Gasteiger partial charge on any atom is -0.497 e. The standard InChI is InChI=1S/C17H26N2O2/c1-21-16-9-6-14(7-10-16)8-11-17(20)19-12-4-2-3-5-15(19)13-18/h6-7,9-10,15H,2-5,8,11-13,18H2,1H3. The molecule has 0 aliphatic carbocycles. The highest BCUT2D eigenvalue weighted by Crippen LogP contribution is 2.18. The molecule has 1 atom stereocenters. The van der Waals surface area contributed by atoms with Crippen molar-refractivity contribution in [3.05, 3.63) is 29.8 Å². The van der Waals surface area contributed by atoms with Crippen molar-refractivity contribution in [2.24, 2.45) is 5.73 Å². The van der Waals surface area contributed by atoms with Gasteiger partial charge in [0.2, 0.25) is 5.91 Å². The van der Waals surface area contributed by atoms with Gasteiger partial charge in [0, 0.05) is 25.6 Å². The fraction of sp³-hybridized carbons (Fsp3) is 0.588. The van der Waals surface area contributed by atoms with Crippen molar-refractivity contribution in [2.45, 2.75) is 44.6 Å². The van der Waals surface area contributed by atoms with E-state index in [0.717, 1.165) is 31.6 Å². The largest absolute Gasteiger partial charge is 0.497 e. The topological polar surface area (TPSA) is 55.6 Å². The molecule has 1 heterocycles. The molecule has 0 spiro atoms. The van der Waals surface area contributed by atoms with Crippen LogP contribution in [0.4, 0.5) is 0 Å². The molecule has 0 bridgehead atoms. The number of likely N-dealkylation sites (tertiary alicyclic amines) is 1. The van der Waals surface area contributed by atoms with E-state index in [0.29, 0.717) is 13.0 Å². The second kappa shape index (κ2) is 8.03. The highest BCUT2D eigenvalue weighted by molar-refractivity contribution is 5.76. The minimum atomic E-state index is 0.232. The SMILES string of the molecule is COc1ccc(CCC(=O)N2CCCCCC2CN)cc1. The van der Waals surface area contributed by atoms with Crippen LogP contribution in [-0.4, -0.2) is 37.0 Å². The van der Waals surface area contributed by atoms with Gasteiger partial charge in [-0.25, -0.2) is 0 Å². The number of rotatable bonds is 5. The third-order valence-corrected chi connectivity index (χ3v) is 4.26. The number of nitrogens with zero attached hydrogens (tertiary/aromatic N) is 1. The first-order chi connectivity index (χ1) is 10.2. The average molecular weight is 290 g/mol. The molecule has 21 heavy (non-hydrogen) atoms. The van der Waals surface area contributed by atoms with Crippen LogP contribution in [0.2, 0.25) is 0 Å². The molecule has 1 aromatic carbocycles. The van der Waals surface area contributed by atoms with Crippen molar-refractivity contribution in [1.82, 2.24) is 4.90 Å². The Morgan fingerprint density at radius 3 is 2.71 bits per heavy atom. The molecule has 2 rings (SSSR count). The third kappa shape index (κ3) is 4.46. The maximum Gasteiger partial charge on any atom is 0.223 e. The van der Waals surface area contributed by atoms with Gasteiger partial charge in [0.05, 0.1) is 7.11 Å². The minimum absolute atomic E-state index is 0.232. The Morgan fingerprint density at radius 2 is 2.05 bits per heavy atom. The number of carbonyl (C=O) groups excluding carboxylic acids is 1. The van der Waals surface area contributed by atoms with Crippen LogP contribution in [0.25, 0.3) is 0 Å². The summed E-state index contributed by atoms with van der Waals surface area (Å²) in [5.41, 5.74) is 7.00. The summed E-state index contributed by atoms with van der Waals surface area (Å²) >= 11 is 0. The van der Waals surface area contributed by atoms with Gasteiger partial charge < -0.3 is 15.4 Å². The van der Waals surface area contributed by atoms with Gasteiger partial charge in [-0.1, -0.05) is 25.0 Å². The van der Waals surface area contributed by atoms with Crippen molar-refractivity contribution >= 4 is 5.91 Å². The van der Waals surface area contributed by atoms with Gasteiger partial charge in [0.25, 0.3) is 0 Å². The average Bonchev–Trinajstić information content (AvgIpc) is 2.78. The highest BCUT2D eigenvalue weighted by Gasteiger charge is 2.23. The summed E-state index contributed by atoms with van der Waals surface area (Å²) in [5, 5.41) is 0. The van der Waals surface area contributed by atoms with Crippen LogP contribution in [0.5, 0.6) is 5.75 Å². The van der Waals surface area contributed by atoms with Crippen molar-refractivity contribution < 1.29 is 9.53 Å². The van der Waals surface area contributed by atoms with Gasteiger partial charge in [0.15, 0.2) is 0 Å². The van der Waals surface area contributed by atoms with Crippen LogP contribution in [0.1, 0.15) is 37.7 Å². The van der Waals surface area contributed by atoms with Crippen molar-refractivity contribution in [3.63, 3.8) is 0 Å². The summed E-state index contributed by atoms with van der Waals surface area (Å²) in [6.07, 6.45) is 5.87. The van der Waals surface area contributed by atoms with E-state index in [1.807, 2.05) is 29.2 Å². The van der Waals surface area contributed by atoms with E-state index in [4.69, 9.17) is 10.5 Å². The maximum atomic E-state index is 12.5. The Hall–Kier alpha value is -1.55. The lowest BCUT2D eigenvalue weighted by molar-refractivity contribution is -0.133. The number of carbonyl (C=O) groups is 1. The molecule has 4 heteroatoms. The van der Waals surface area contributed by atoms with Gasteiger partial charge in [-0.15, -0.1) is 0 Å². The molecular weight excluding hydrogens is 264 g/mol. The molecule has 1 fully saturated rings. The third-order valence-electron chi connectivity index (χ3n) is 4.26. The van der Waals surface area contributed by atoms with Gasteiger partial charge in [-0.2, -0.15) is 0 Å². The van der Waals surface area contributed by atoms with E-state index >= 15 is 0 Å². The van der Waals surface area contributed by atoms with E-state index in [9.17, 15) is 4.79 Å². The van der Waals surface area contributed by atoms with Crippen LogP contribution >= 0.6 is 0 Å². The molecule has 1 saturated heterocycles. The normalized spacial score (nSPS) is 19.1. The number of aryl methyl sites for hydroxylation is 1. The van der Waals surface area contributed by atoms with Crippen molar-refractivity contribution in [2.75, 3.05) is 20.2 Å². The van der Waals surface area contributed by atoms with E-state index in [2.05, 4.69) is 0 Å². The molecule has 1 aliphatic heterocycles. The summed E-state index contributed by atoms with van der Waals surface area (Å²) in [4.78, 5) is 14.5. The summed E-state index contributed by atoms with van der Waals surface area (Å²) in [5.74, 6) is 1.09. The quantitative estimate of drug-likeness (QED) is 0.905. The molecule has 116 valence electrons. The Kier molecular flexibility index (Phi) is 6.05. The molecule has 2 N–H and O–H groups in total. The van der Waals surface area contributed by atoms with Gasteiger partial charge in [-0.3, -0.25) is 4.79 Å². The first-order valence-corrected chi connectivity index (χ1v) is 7.87. The molecular formula is C17H26N2O2. The molecule has 0 radical (unpaired) electrons. The zero-order chi connectivity index (χ0) is 15.1. The van der Waals surface area contributed by atoms with E-state index < -0.39 is 0 Å². The summed E-state index contributed by atoms with van der Waals surface area (Å²) in [6, 6.07) is 8.16. The number of ether oxygens (including phenoxy) is 1. The fourth-order valence-corrected chi connectivity index (χ4v) is 2.94. The Morgan fingerprint density at radius 1 is 1.29 bits per heavy atom. The Labute approximate surface area is 127 Å². The zero-order valence-corrected chi connectivity index (χ0v) is 12.9. The molecule has 4 nitrogen and oxygen atoms in total. The number of amides is 1. The van der Waals surface area contributed by atoms with Gasteiger partial charge >= 0.3 is 0 Å². The zero-order valence-electron chi connectivity index (χ0n) is 12.9. The first kappa shape index (κ1) is 15.8. The molecule has 1 amide bonds. The molecule has 0 saturated carbocycles. The highest BCUT2D eigenvalue weighted by atomic mass is 16.5. The van der Waals surface area contributed by atoms with Crippen LogP contribution in [0.3, 0.4) is 0 Å². The smallest absolute Gasteiger partial charge is 0.223 e. The second-order valence-corrected chi connectivity index (χ2v) is 5.67. The fourth-order valence-electron chi connectivity index (χ4n) is 2.94. The number of methoxy groups -OCH3 is 1. The Balaban J connectivity index is 1.89. The second-order valence-electron chi connectivity index (χ2n) is 5.67. The predicted molar refractivity (Wildman–Crippen MR) is 84.3 cm³/mol. The molecule has 1 unspecified atom stereocenters. The summed E-state index contributed by atoms with van der Waals surface area (Å²) in [7, 11) is 1.66. The lowest BCUT2D eigenvalue weighted by atomic mass is 10.1. The maximum absolute atomic E-state index is 12.5. The van der Waals surface area contributed by atoms with Crippen LogP contribution < -0.4 is 10.5 Å². The van der Waals surface area contributed by atoms with Crippen LogP contribution in [0.15, 0.2) is 24.3 Å². The lowest BCUT2D eigenvalue weighted by Gasteiger charge is -2.29. The predicted octanol–water partition coefficient (Wildman–Crippen LogP) is 2.36. The number of nitrogens with two attached hydrogens (primary N) is 1. The van der Waals surface area contributed by atoms with Crippen molar-refractivity contribution in [3.8, 4) is 5.75 Å². The van der Waals surface area contributed by atoms with E-state index in [1.54, 1.807) is 7.11 Å². The van der Waals surface area contributed by atoms with Gasteiger partial charge in [-0.05, 0) is 37.0 Å². The van der Waals surface area contributed by atoms with E-state index in [-0.39, 0.29) is 11.9 Å². The molecule has 1 aromatic rings. The van der Waals surface area contributed by atoms with Crippen molar-refractivity contribution in [1.29, 1.82) is 0 Å². The van der Waals surface area contributed by atoms with E-state index in [1.165, 1.54) is 18.4 Å². The summed E-state index contributed by atoms with van der Waals surface area (Å²) in [6.45, 7) is 1.44. The summed E-state index contributed by atoms with van der Waals surface area (Å²) < 4.78 is 5.14. The first-order valence-electron chi connectivity index (χ1n) is 7.87. The Bertz CT molecular complexity index is 445. The van der Waals surface area contributed by atoms with Crippen LogP contribution in [-0.2, 0) is 11.2 Å². The van der Waals surface area contributed by atoms with Gasteiger partial charge in [0.1, 0.15) is 5.75 Å². The molecule has 1 aliphatic rings. The van der Waals surface area contributed by atoms with Crippen LogP contribution in [0, 0.1) is 0 Å². The number of hydrogen-bond acceptors (Lipinski definition) is 3. The molecule has 0 aromatic heterocycles.